The van der Waals surface area contributed by atoms with Gasteiger partial charge in [0.2, 0.25) is 5.91 Å². The molecule has 0 spiro atoms. The van der Waals surface area contributed by atoms with E-state index in [1.807, 2.05) is 20.8 Å². The van der Waals surface area contributed by atoms with E-state index in [2.05, 4.69) is 5.32 Å². The molecule has 106 valence electrons. The summed E-state index contributed by atoms with van der Waals surface area (Å²) in [4.78, 5) is 22.3. The number of rotatable bonds is 5. The lowest BCUT2D eigenvalue weighted by Gasteiger charge is -2.18. The van der Waals surface area contributed by atoms with Crippen molar-refractivity contribution in [2.45, 2.75) is 39.8 Å². The first kappa shape index (κ1) is 15.2. The molecule has 0 aliphatic carbocycles. The van der Waals surface area contributed by atoms with Crippen LogP contribution in [0.25, 0.3) is 0 Å². The lowest BCUT2D eigenvalue weighted by atomic mass is 10.2. The standard InChI is InChI=1S/C13H19NO5/c1-8-10(12(16)17)5-9(19-8)6-14-11(15)7-18-13(2,3)4/h5H,6-7H2,1-4H3,(H,14,15)(H,16,17). The Morgan fingerprint density at radius 1 is 1.42 bits per heavy atom. The molecule has 1 amide bonds. The van der Waals surface area contributed by atoms with Crippen LogP contribution in [0.3, 0.4) is 0 Å². The predicted molar refractivity (Wildman–Crippen MR) is 68.0 cm³/mol. The Morgan fingerprint density at radius 3 is 2.53 bits per heavy atom. The fraction of sp³-hybridized carbons (Fsp3) is 0.538. The third-order valence-electron chi connectivity index (χ3n) is 2.30. The van der Waals surface area contributed by atoms with E-state index < -0.39 is 5.97 Å². The molecule has 0 aromatic carbocycles. The quantitative estimate of drug-likeness (QED) is 0.849. The van der Waals surface area contributed by atoms with E-state index >= 15 is 0 Å². The molecule has 0 radical (unpaired) electrons. The highest BCUT2D eigenvalue weighted by Crippen LogP contribution is 2.14. The highest BCUT2D eigenvalue weighted by atomic mass is 16.5. The summed E-state index contributed by atoms with van der Waals surface area (Å²) in [6, 6.07) is 1.41. The zero-order valence-electron chi connectivity index (χ0n) is 11.6. The van der Waals surface area contributed by atoms with Gasteiger partial charge in [0.05, 0.1) is 12.1 Å². The number of carboxylic acids is 1. The predicted octanol–water partition coefficient (Wildman–Crippen LogP) is 1.72. The Morgan fingerprint density at radius 2 is 2.05 bits per heavy atom. The molecule has 0 fully saturated rings. The molecule has 0 aliphatic heterocycles. The summed E-state index contributed by atoms with van der Waals surface area (Å²) < 4.78 is 10.5. The molecule has 1 rings (SSSR count). The van der Waals surface area contributed by atoms with Crippen LogP contribution in [0.1, 0.15) is 42.6 Å². The normalized spacial score (nSPS) is 11.4. The van der Waals surface area contributed by atoms with E-state index in [1.54, 1.807) is 6.92 Å². The summed E-state index contributed by atoms with van der Waals surface area (Å²) in [7, 11) is 0. The first-order valence-corrected chi connectivity index (χ1v) is 5.92. The molecule has 0 bridgehead atoms. The van der Waals surface area contributed by atoms with E-state index in [0.29, 0.717) is 11.5 Å². The van der Waals surface area contributed by atoms with Crippen molar-refractivity contribution < 1.29 is 23.8 Å². The fourth-order valence-corrected chi connectivity index (χ4v) is 1.36. The van der Waals surface area contributed by atoms with Gasteiger partial charge in [0.25, 0.3) is 0 Å². The van der Waals surface area contributed by atoms with E-state index in [9.17, 15) is 9.59 Å². The first-order chi connectivity index (χ1) is 8.69. The smallest absolute Gasteiger partial charge is 0.339 e. The summed E-state index contributed by atoms with van der Waals surface area (Å²) in [5.74, 6) is -0.600. The van der Waals surface area contributed by atoms with Gasteiger partial charge in [-0.1, -0.05) is 0 Å². The van der Waals surface area contributed by atoms with Crippen LogP contribution in [0.4, 0.5) is 0 Å². The van der Waals surface area contributed by atoms with Crippen LogP contribution in [-0.4, -0.2) is 29.2 Å². The number of carbonyl (C=O) groups excluding carboxylic acids is 1. The van der Waals surface area contributed by atoms with Crippen LogP contribution in [-0.2, 0) is 16.1 Å². The van der Waals surface area contributed by atoms with Crippen molar-refractivity contribution in [2.75, 3.05) is 6.61 Å². The van der Waals surface area contributed by atoms with Gasteiger partial charge in [-0.15, -0.1) is 0 Å². The maximum atomic E-state index is 11.5. The monoisotopic (exact) mass is 269 g/mol. The minimum Gasteiger partial charge on any atom is -0.478 e. The molecule has 1 aromatic heterocycles. The van der Waals surface area contributed by atoms with Crippen molar-refractivity contribution in [3.05, 3.63) is 23.2 Å². The van der Waals surface area contributed by atoms with E-state index in [4.69, 9.17) is 14.3 Å². The van der Waals surface area contributed by atoms with Crippen molar-refractivity contribution in [1.29, 1.82) is 0 Å². The Balaban J connectivity index is 2.47. The summed E-state index contributed by atoms with van der Waals surface area (Å²) >= 11 is 0. The first-order valence-electron chi connectivity index (χ1n) is 5.92. The van der Waals surface area contributed by atoms with Crippen LogP contribution in [0, 0.1) is 6.92 Å². The van der Waals surface area contributed by atoms with Crippen molar-refractivity contribution in [2.24, 2.45) is 0 Å². The number of ether oxygens (including phenoxy) is 1. The molecule has 2 N–H and O–H groups in total. The molecule has 6 nitrogen and oxygen atoms in total. The van der Waals surface area contributed by atoms with Gasteiger partial charge >= 0.3 is 5.97 Å². The van der Waals surface area contributed by atoms with Crippen LogP contribution in [0.5, 0.6) is 0 Å². The number of aromatic carboxylic acids is 1. The van der Waals surface area contributed by atoms with Gasteiger partial charge < -0.3 is 19.6 Å². The largest absolute Gasteiger partial charge is 0.478 e. The molecular formula is C13H19NO5. The van der Waals surface area contributed by atoms with Gasteiger partial charge in [0.1, 0.15) is 23.7 Å². The lowest BCUT2D eigenvalue weighted by molar-refractivity contribution is -0.130. The molecular weight excluding hydrogens is 250 g/mol. The van der Waals surface area contributed by atoms with Gasteiger partial charge in [-0.2, -0.15) is 0 Å². The number of hydrogen-bond acceptors (Lipinski definition) is 4. The number of amides is 1. The Bertz CT molecular complexity index is 470. The minimum absolute atomic E-state index is 0.0466. The molecule has 19 heavy (non-hydrogen) atoms. The van der Waals surface area contributed by atoms with Crippen LogP contribution < -0.4 is 5.32 Å². The SMILES string of the molecule is Cc1oc(CNC(=O)COC(C)(C)C)cc1C(=O)O. The Kier molecular flexibility index (Phi) is 4.72. The second-order valence-electron chi connectivity index (χ2n) is 5.17. The molecule has 0 saturated carbocycles. The van der Waals surface area contributed by atoms with Gasteiger partial charge in [-0.05, 0) is 33.8 Å². The fourth-order valence-electron chi connectivity index (χ4n) is 1.36. The van der Waals surface area contributed by atoms with E-state index in [1.165, 1.54) is 6.07 Å². The zero-order chi connectivity index (χ0) is 14.6. The van der Waals surface area contributed by atoms with Crippen molar-refractivity contribution >= 4 is 11.9 Å². The molecule has 0 saturated heterocycles. The maximum absolute atomic E-state index is 11.5. The molecule has 0 atom stereocenters. The average molecular weight is 269 g/mol. The second-order valence-corrected chi connectivity index (χ2v) is 5.17. The van der Waals surface area contributed by atoms with Gasteiger partial charge in [0, 0.05) is 0 Å². The topological polar surface area (TPSA) is 88.8 Å². The molecule has 1 heterocycles. The number of carboxylic acid groups (broad SMARTS) is 1. The van der Waals surface area contributed by atoms with Gasteiger partial charge in [-0.25, -0.2) is 4.79 Å². The molecule has 0 aliphatic rings. The molecule has 0 unspecified atom stereocenters. The molecule has 6 heteroatoms. The summed E-state index contributed by atoms with van der Waals surface area (Å²) in [6.45, 7) is 7.23. The van der Waals surface area contributed by atoms with Crippen LogP contribution in [0.15, 0.2) is 10.5 Å². The zero-order valence-corrected chi connectivity index (χ0v) is 11.6. The highest BCUT2D eigenvalue weighted by molar-refractivity contribution is 5.88. The summed E-state index contributed by atoms with van der Waals surface area (Å²) in [6.07, 6.45) is 0. The van der Waals surface area contributed by atoms with Crippen LogP contribution in [0.2, 0.25) is 0 Å². The minimum atomic E-state index is -1.05. The van der Waals surface area contributed by atoms with E-state index in [0.717, 1.165) is 0 Å². The number of carbonyl (C=O) groups is 2. The second kappa shape index (κ2) is 5.88. The van der Waals surface area contributed by atoms with E-state index in [-0.39, 0.29) is 30.2 Å². The van der Waals surface area contributed by atoms with Gasteiger partial charge in [-0.3, -0.25) is 4.79 Å². The maximum Gasteiger partial charge on any atom is 0.339 e. The Hall–Kier alpha value is -1.82. The van der Waals surface area contributed by atoms with Crippen LogP contribution >= 0.6 is 0 Å². The number of nitrogens with one attached hydrogen (secondary N) is 1. The third-order valence-corrected chi connectivity index (χ3v) is 2.30. The van der Waals surface area contributed by atoms with Gasteiger partial charge in [0.15, 0.2) is 0 Å². The number of furan rings is 1. The summed E-state index contributed by atoms with van der Waals surface area (Å²) in [5.41, 5.74) is -0.273. The number of hydrogen-bond donors (Lipinski definition) is 2. The lowest BCUT2D eigenvalue weighted by Crippen LogP contribution is -2.31. The molecule has 1 aromatic rings. The van der Waals surface area contributed by atoms with Crippen molar-refractivity contribution in [3.63, 3.8) is 0 Å². The Labute approximate surface area is 111 Å². The third kappa shape index (κ3) is 5.13. The van der Waals surface area contributed by atoms with Crippen molar-refractivity contribution in [3.8, 4) is 0 Å². The number of aryl methyl sites for hydroxylation is 1. The highest BCUT2D eigenvalue weighted by Gasteiger charge is 2.15. The average Bonchev–Trinajstić information content (AvgIpc) is 2.64. The van der Waals surface area contributed by atoms with Crippen molar-refractivity contribution in [1.82, 2.24) is 5.32 Å². The summed E-state index contributed by atoms with van der Waals surface area (Å²) in [5, 5.41) is 11.5.